The van der Waals surface area contributed by atoms with Crippen LogP contribution in [0.25, 0.3) is 0 Å². The third kappa shape index (κ3) is 1.89. The van der Waals surface area contributed by atoms with Gasteiger partial charge in [-0.3, -0.25) is 0 Å². The van der Waals surface area contributed by atoms with E-state index >= 15 is 0 Å². The van der Waals surface area contributed by atoms with Gasteiger partial charge in [-0.25, -0.2) is 0 Å². The fourth-order valence-electron chi connectivity index (χ4n) is 3.47. The van der Waals surface area contributed by atoms with Crippen LogP contribution in [0.3, 0.4) is 0 Å². The number of ether oxygens (including phenoxy) is 1. The molecule has 0 aromatic rings. The third-order valence-electron chi connectivity index (χ3n) is 4.67. The van der Waals surface area contributed by atoms with E-state index in [9.17, 15) is 0 Å². The maximum atomic E-state index is 6.22. The van der Waals surface area contributed by atoms with E-state index in [1.807, 2.05) is 0 Å². The molecule has 1 unspecified atom stereocenters. The summed E-state index contributed by atoms with van der Waals surface area (Å²) >= 11 is 0. The first-order chi connectivity index (χ1) is 7.84. The molecule has 0 radical (unpaired) electrons. The van der Waals surface area contributed by atoms with Crippen LogP contribution in [0.5, 0.6) is 0 Å². The number of hydrogen-bond donors (Lipinski definition) is 1. The van der Waals surface area contributed by atoms with Gasteiger partial charge in [0.1, 0.15) is 0 Å². The van der Waals surface area contributed by atoms with Crippen molar-refractivity contribution in [1.82, 2.24) is 10.2 Å². The first-order valence-corrected chi connectivity index (χ1v) is 6.94. The largest absolute Gasteiger partial charge is 0.372 e. The predicted molar refractivity (Wildman–Crippen MR) is 64.5 cm³/mol. The lowest BCUT2D eigenvalue weighted by molar-refractivity contribution is -0.131. The van der Waals surface area contributed by atoms with E-state index < -0.39 is 0 Å². The van der Waals surface area contributed by atoms with Crippen molar-refractivity contribution >= 4 is 0 Å². The molecule has 1 saturated carbocycles. The summed E-state index contributed by atoms with van der Waals surface area (Å²) in [7, 11) is 0. The van der Waals surface area contributed by atoms with Gasteiger partial charge in [-0.05, 0) is 38.1 Å². The average molecular weight is 224 g/mol. The molecule has 0 amide bonds. The van der Waals surface area contributed by atoms with Gasteiger partial charge in [0.15, 0.2) is 0 Å². The van der Waals surface area contributed by atoms with E-state index in [1.54, 1.807) is 0 Å². The van der Waals surface area contributed by atoms with Crippen LogP contribution >= 0.6 is 0 Å². The molecule has 3 fully saturated rings. The Morgan fingerprint density at radius 1 is 1.31 bits per heavy atom. The Morgan fingerprint density at radius 2 is 2.06 bits per heavy atom. The predicted octanol–water partition coefficient (Wildman–Crippen LogP) is 1.24. The van der Waals surface area contributed by atoms with Gasteiger partial charge in [0.2, 0.25) is 0 Å². The van der Waals surface area contributed by atoms with Crippen LogP contribution in [0, 0.1) is 5.92 Å². The van der Waals surface area contributed by atoms with Crippen molar-refractivity contribution < 1.29 is 4.74 Å². The minimum atomic E-state index is 0.186. The molecule has 92 valence electrons. The Hall–Kier alpha value is -0.120. The van der Waals surface area contributed by atoms with Gasteiger partial charge in [-0.2, -0.15) is 0 Å². The molecule has 1 spiro atoms. The summed E-state index contributed by atoms with van der Waals surface area (Å²) < 4.78 is 6.22. The van der Waals surface area contributed by atoms with Crippen LogP contribution in [0.1, 0.15) is 32.6 Å². The summed E-state index contributed by atoms with van der Waals surface area (Å²) in [6, 6.07) is 0.653. The van der Waals surface area contributed by atoms with Gasteiger partial charge in [0, 0.05) is 25.7 Å². The molecule has 1 atom stereocenters. The molecule has 16 heavy (non-hydrogen) atoms. The highest BCUT2D eigenvalue weighted by Crippen LogP contribution is 2.43. The normalized spacial score (nSPS) is 35.4. The number of rotatable bonds is 2. The second-order valence-electron chi connectivity index (χ2n) is 5.62. The molecule has 2 heterocycles. The van der Waals surface area contributed by atoms with Gasteiger partial charge in [0.25, 0.3) is 0 Å². The topological polar surface area (TPSA) is 24.5 Å². The van der Waals surface area contributed by atoms with Crippen LogP contribution in [0.15, 0.2) is 0 Å². The minimum absolute atomic E-state index is 0.186. The molecule has 3 rings (SSSR count). The molecule has 0 aromatic carbocycles. The number of nitrogens with one attached hydrogen (secondary N) is 1. The standard InChI is InChI=1S/C13H24N2O/c1-2-15-8-5-13(6-9-15)12(11-3-4-11)14-7-10-16-13/h11-12,14H,2-10H2,1H3. The fraction of sp³-hybridized carbons (Fsp3) is 1.00. The molecule has 3 nitrogen and oxygen atoms in total. The molecule has 3 aliphatic rings. The lowest BCUT2D eigenvalue weighted by Crippen LogP contribution is -2.62. The smallest absolute Gasteiger partial charge is 0.0862 e. The van der Waals surface area contributed by atoms with Crippen molar-refractivity contribution in [3.63, 3.8) is 0 Å². The number of nitrogens with zero attached hydrogens (tertiary/aromatic N) is 1. The highest BCUT2D eigenvalue weighted by Gasteiger charge is 2.50. The van der Waals surface area contributed by atoms with E-state index in [0.29, 0.717) is 6.04 Å². The monoisotopic (exact) mass is 224 g/mol. The SMILES string of the molecule is CCN1CCC2(CC1)OCCNC2C1CC1. The van der Waals surface area contributed by atoms with Crippen molar-refractivity contribution in [2.75, 3.05) is 32.8 Å². The summed E-state index contributed by atoms with van der Waals surface area (Å²) in [5, 5.41) is 3.73. The minimum Gasteiger partial charge on any atom is -0.372 e. The van der Waals surface area contributed by atoms with Crippen molar-refractivity contribution in [1.29, 1.82) is 0 Å². The Balaban J connectivity index is 1.69. The van der Waals surface area contributed by atoms with Gasteiger partial charge in [0.05, 0.1) is 12.2 Å². The maximum Gasteiger partial charge on any atom is 0.0862 e. The van der Waals surface area contributed by atoms with Crippen LogP contribution < -0.4 is 5.32 Å². The molecule has 2 aliphatic heterocycles. The number of likely N-dealkylation sites (tertiary alicyclic amines) is 1. The number of hydrogen-bond acceptors (Lipinski definition) is 3. The fourth-order valence-corrected chi connectivity index (χ4v) is 3.47. The van der Waals surface area contributed by atoms with Gasteiger partial charge in [-0.15, -0.1) is 0 Å². The molecule has 0 bridgehead atoms. The van der Waals surface area contributed by atoms with Crippen molar-refractivity contribution in [3.8, 4) is 0 Å². The van der Waals surface area contributed by atoms with Crippen LogP contribution in [-0.4, -0.2) is 49.3 Å². The number of morpholine rings is 1. The zero-order valence-corrected chi connectivity index (χ0v) is 10.4. The zero-order valence-electron chi connectivity index (χ0n) is 10.4. The lowest BCUT2D eigenvalue weighted by atomic mass is 9.80. The van der Waals surface area contributed by atoms with Crippen molar-refractivity contribution in [2.24, 2.45) is 5.92 Å². The molecule has 2 saturated heterocycles. The molecule has 3 heteroatoms. The van der Waals surface area contributed by atoms with E-state index in [-0.39, 0.29) is 5.60 Å². The highest BCUT2D eigenvalue weighted by molar-refractivity contribution is 5.05. The summed E-state index contributed by atoms with van der Waals surface area (Å²) in [5.74, 6) is 0.911. The second kappa shape index (κ2) is 4.28. The highest BCUT2D eigenvalue weighted by atomic mass is 16.5. The van der Waals surface area contributed by atoms with Gasteiger partial charge >= 0.3 is 0 Å². The van der Waals surface area contributed by atoms with Crippen LogP contribution in [0.4, 0.5) is 0 Å². The molecular weight excluding hydrogens is 200 g/mol. The third-order valence-corrected chi connectivity index (χ3v) is 4.67. The summed E-state index contributed by atoms with van der Waals surface area (Å²) in [6.45, 7) is 7.87. The molecular formula is C13H24N2O. The zero-order chi connectivity index (χ0) is 11.0. The van der Waals surface area contributed by atoms with E-state index in [4.69, 9.17) is 4.74 Å². The maximum absolute atomic E-state index is 6.22. The Morgan fingerprint density at radius 3 is 2.69 bits per heavy atom. The van der Waals surface area contributed by atoms with Crippen molar-refractivity contribution in [3.05, 3.63) is 0 Å². The summed E-state index contributed by atoms with van der Waals surface area (Å²) in [6.07, 6.45) is 5.30. The molecule has 1 N–H and O–H groups in total. The van der Waals surface area contributed by atoms with Gasteiger partial charge in [-0.1, -0.05) is 6.92 Å². The molecule has 1 aliphatic carbocycles. The van der Waals surface area contributed by atoms with E-state index in [1.165, 1.54) is 45.3 Å². The Bertz CT molecular complexity index is 244. The van der Waals surface area contributed by atoms with Crippen LogP contribution in [-0.2, 0) is 4.74 Å². The first-order valence-electron chi connectivity index (χ1n) is 6.94. The van der Waals surface area contributed by atoms with E-state index in [2.05, 4.69) is 17.1 Å². The van der Waals surface area contributed by atoms with Gasteiger partial charge < -0.3 is 15.0 Å². The number of piperidine rings is 1. The summed E-state index contributed by atoms with van der Waals surface area (Å²) in [5.41, 5.74) is 0.186. The average Bonchev–Trinajstić information content (AvgIpc) is 3.15. The van der Waals surface area contributed by atoms with Crippen molar-refractivity contribution in [2.45, 2.75) is 44.2 Å². The molecule has 0 aromatic heterocycles. The van der Waals surface area contributed by atoms with Crippen LogP contribution in [0.2, 0.25) is 0 Å². The Kier molecular flexibility index (Phi) is 2.94. The summed E-state index contributed by atoms with van der Waals surface area (Å²) in [4.78, 5) is 2.55. The second-order valence-corrected chi connectivity index (χ2v) is 5.62. The first kappa shape index (κ1) is 11.0. The quantitative estimate of drug-likeness (QED) is 0.764. The lowest BCUT2D eigenvalue weighted by Gasteiger charge is -2.49. The Labute approximate surface area is 98.5 Å². The van der Waals surface area contributed by atoms with E-state index in [0.717, 1.165) is 19.1 Å².